The van der Waals surface area contributed by atoms with Crippen LogP contribution in [0.4, 0.5) is 0 Å². The molecule has 10 aromatic rings. The molecule has 0 radical (unpaired) electrons. The van der Waals surface area contributed by atoms with Gasteiger partial charge in [-0.2, -0.15) is 0 Å². The van der Waals surface area contributed by atoms with Crippen molar-refractivity contribution in [2.45, 2.75) is 85.8 Å². The third kappa shape index (κ3) is 6.72. The van der Waals surface area contributed by atoms with Gasteiger partial charge in [0.2, 0.25) is 6.71 Å². The number of hydrogen-bond acceptors (Lipinski definition) is 3. The Morgan fingerprint density at radius 2 is 0.955 bits per heavy atom. The number of nitrogens with zero attached hydrogens (tertiary/aromatic N) is 1. The van der Waals surface area contributed by atoms with Crippen molar-refractivity contribution in [1.82, 2.24) is 4.40 Å². The Kier molecular flexibility index (Phi) is 10.0. The van der Waals surface area contributed by atoms with E-state index in [9.17, 15) is 0 Å². The molecule has 0 unspecified atom stereocenters. The number of rotatable bonds is 6. The van der Waals surface area contributed by atoms with Gasteiger partial charge in [0.25, 0.3) is 0 Å². The second-order valence-corrected chi connectivity index (χ2v) is 20.5. The maximum absolute atomic E-state index is 15.9. The molecule has 3 heterocycles. The zero-order chi connectivity index (χ0) is 44.6. The summed E-state index contributed by atoms with van der Waals surface area (Å²) in [4.78, 5) is 33.7. The van der Waals surface area contributed by atoms with E-state index >= 15 is 9.59 Å². The molecule has 0 N–H and O–H groups in total. The lowest BCUT2D eigenvalue weighted by Crippen LogP contribution is -2.56. The van der Waals surface area contributed by atoms with Crippen molar-refractivity contribution in [3.63, 3.8) is 0 Å². The molecule has 324 valence electrons. The molecule has 0 atom stereocenters. The molecule has 0 spiro atoms. The van der Waals surface area contributed by atoms with Crippen LogP contribution in [0.25, 0.3) is 71.5 Å². The van der Waals surface area contributed by atoms with E-state index in [1.807, 2.05) is 0 Å². The van der Waals surface area contributed by atoms with Gasteiger partial charge in [0.1, 0.15) is 0 Å². The molecule has 2 aromatic heterocycles. The Hall–Kier alpha value is -6.69. The molecule has 3 aliphatic rings. The molecular formula is C62H50BNO2S. The van der Waals surface area contributed by atoms with Gasteiger partial charge < -0.3 is 4.40 Å². The summed E-state index contributed by atoms with van der Waals surface area (Å²) >= 11 is 1.70. The normalized spacial score (nSPS) is 15.7. The zero-order valence-corrected chi connectivity index (χ0v) is 38.5. The minimum absolute atomic E-state index is 0.00614. The smallest absolute Gasteiger partial charge is 0.245 e. The summed E-state index contributed by atoms with van der Waals surface area (Å²) in [5.74, 6) is 0.892. The van der Waals surface area contributed by atoms with Crippen LogP contribution in [0.5, 0.6) is 0 Å². The summed E-state index contributed by atoms with van der Waals surface area (Å²) in [6, 6.07) is 61.3. The topological polar surface area (TPSA) is 38.5 Å². The van der Waals surface area contributed by atoms with Crippen LogP contribution in [0.15, 0.2) is 189 Å². The largest absolute Gasteiger partial charge is 0.307 e. The van der Waals surface area contributed by atoms with E-state index < -0.39 is 0 Å². The monoisotopic (exact) mass is 883 g/mol. The van der Waals surface area contributed by atoms with Crippen LogP contribution in [-0.4, -0.2) is 11.1 Å². The van der Waals surface area contributed by atoms with Crippen molar-refractivity contribution in [2.24, 2.45) is 0 Å². The van der Waals surface area contributed by atoms with Crippen LogP contribution in [0.1, 0.15) is 87.2 Å². The van der Waals surface area contributed by atoms with Crippen molar-refractivity contribution >= 4 is 73.0 Å². The van der Waals surface area contributed by atoms with E-state index in [0.717, 1.165) is 102 Å². The van der Waals surface area contributed by atoms with Gasteiger partial charge in [0, 0.05) is 25.9 Å². The lowest BCUT2D eigenvalue weighted by atomic mass is 9.34. The molecule has 13 rings (SSSR count). The SMILES string of the molecule is O=c1c2cc(C3CCCCC3)ccc2n2c3ccc(C4CCCCC4)cc3c(=O)c3c4c(cc1c32)B(c1c(-c2ccccc2)cc(-c2ccccc2)cc1-c1ccccc1)c1ccccc1S4. The number of fused-ring (bicyclic) bond motifs is 7. The third-order valence-electron chi connectivity index (χ3n) is 15.6. The summed E-state index contributed by atoms with van der Waals surface area (Å²) < 4.78 is 2.29. The lowest BCUT2D eigenvalue weighted by Gasteiger charge is -2.31. The third-order valence-corrected chi connectivity index (χ3v) is 16.9. The molecule has 8 aromatic carbocycles. The fraction of sp³-hybridized carbons (Fsp3) is 0.194. The molecule has 2 saturated carbocycles. The van der Waals surface area contributed by atoms with Crippen molar-refractivity contribution in [3.05, 3.63) is 201 Å². The first-order chi connectivity index (χ1) is 33.1. The van der Waals surface area contributed by atoms with Crippen molar-refractivity contribution in [2.75, 3.05) is 0 Å². The van der Waals surface area contributed by atoms with Gasteiger partial charge in [0.15, 0.2) is 10.9 Å². The second-order valence-electron chi connectivity index (χ2n) is 19.4. The van der Waals surface area contributed by atoms with Gasteiger partial charge in [-0.05, 0) is 124 Å². The Morgan fingerprint density at radius 3 is 1.52 bits per heavy atom. The number of aromatic nitrogens is 1. The van der Waals surface area contributed by atoms with Crippen LogP contribution in [0.3, 0.4) is 0 Å². The van der Waals surface area contributed by atoms with Crippen LogP contribution in [-0.2, 0) is 0 Å². The summed E-state index contributed by atoms with van der Waals surface area (Å²) in [5.41, 5.74) is 15.2. The first kappa shape index (κ1) is 40.6. The molecule has 5 heteroatoms. The van der Waals surface area contributed by atoms with E-state index in [2.05, 4.69) is 174 Å². The molecule has 0 saturated heterocycles. The van der Waals surface area contributed by atoms with Crippen molar-refractivity contribution < 1.29 is 0 Å². The van der Waals surface area contributed by atoms with E-state index in [4.69, 9.17) is 0 Å². The Morgan fingerprint density at radius 1 is 0.448 bits per heavy atom. The fourth-order valence-electron chi connectivity index (χ4n) is 12.4. The van der Waals surface area contributed by atoms with Gasteiger partial charge in [0.05, 0.1) is 21.9 Å². The van der Waals surface area contributed by atoms with Crippen LogP contribution < -0.4 is 27.2 Å². The van der Waals surface area contributed by atoms with E-state index in [1.165, 1.54) is 60.6 Å². The highest BCUT2D eigenvalue weighted by atomic mass is 32.2. The molecule has 67 heavy (non-hydrogen) atoms. The fourth-order valence-corrected chi connectivity index (χ4v) is 13.6. The zero-order valence-electron chi connectivity index (χ0n) is 37.6. The summed E-state index contributed by atoms with van der Waals surface area (Å²) in [7, 11) is 0. The van der Waals surface area contributed by atoms with Gasteiger partial charge in [-0.3, -0.25) is 9.59 Å². The first-order valence-electron chi connectivity index (χ1n) is 24.6. The van der Waals surface area contributed by atoms with E-state index in [1.54, 1.807) is 11.8 Å². The number of benzene rings is 8. The van der Waals surface area contributed by atoms with Crippen LogP contribution in [0, 0.1) is 0 Å². The minimum Gasteiger partial charge on any atom is -0.307 e. The summed E-state index contributed by atoms with van der Waals surface area (Å²) in [5, 5.41) is 2.75. The van der Waals surface area contributed by atoms with Crippen LogP contribution in [0.2, 0.25) is 0 Å². The van der Waals surface area contributed by atoms with E-state index in [0.29, 0.717) is 22.6 Å². The first-order valence-corrected chi connectivity index (χ1v) is 25.4. The molecule has 2 aliphatic carbocycles. The Bertz CT molecular complexity index is 3590. The molecule has 2 fully saturated rings. The highest BCUT2D eigenvalue weighted by molar-refractivity contribution is 8.00. The molecule has 0 bridgehead atoms. The average Bonchev–Trinajstić information content (AvgIpc) is 3.40. The quantitative estimate of drug-likeness (QED) is 0.0949. The lowest BCUT2D eigenvalue weighted by molar-refractivity contribution is 0.444. The van der Waals surface area contributed by atoms with E-state index in [-0.39, 0.29) is 17.6 Å². The maximum Gasteiger partial charge on any atom is 0.245 e. The second kappa shape index (κ2) is 16.6. The van der Waals surface area contributed by atoms with Crippen molar-refractivity contribution in [3.8, 4) is 33.4 Å². The van der Waals surface area contributed by atoms with Crippen LogP contribution >= 0.6 is 11.8 Å². The highest BCUT2D eigenvalue weighted by Gasteiger charge is 2.38. The molecule has 3 nitrogen and oxygen atoms in total. The predicted octanol–water partition coefficient (Wildman–Crippen LogP) is 13.6. The number of pyridine rings is 2. The average molecular weight is 884 g/mol. The van der Waals surface area contributed by atoms with Gasteiger partial charge in [-0.15, -0.1) is 0 Å². The summed E-state index contributed by atoms with van der Waals surface area (Å²) in [6.45, 7) is -0.303. The molecular weight excluding hydrogens is 834 g/mol. The Labute approximate surface area is 396 Å². The summed E-state index contributed by atoms with van der Waals surface area (Å²) in [6.07, 6.45) is 12.1. The van der Waals surface area contributed by atoms with Gasteiger partial charge in [-0.1, -0.05) is 194 Å². The standard InChI is InChI=1S/C62H50BNO2S/c65-60-49-34-44(39-18-6-1-7-19-39)30-32-54(49)64-55-33-31-45(40-20-8-2-9-21-40)35-50(55)61(66)57-59(64)51(60)38-53-62(57)67-56-29-17-16-28-52(56)63(53)58-47(42-24-12-4-13-25-42)36-46(41-22-10-3-11-23-41)37-48(58)43-26-14-5-15-27-43/h3-5,10-17,22-40H,1-2,6-9,18-21H2. The Balaban J connectivity index is 1.18. The molecule has 1 aliphatic heterocycles. The van der Waals surface area contributed by atoms with Gasteiger partial charge >= 0.3 is 0 Å². The van der Waals surface area contributed by atoms with Gasteiger partial charge in [-0.25, -0.2) is 0 Å². The predicted molar refractivity (Wildman–Crippen MR) is 283 cm³/mol. The maximum atomic E-state index is 15.9. The number of hydrogen-bond donors (Lipinski definition) is 0. The minimum atomic E-state index is -0.303. The molecule has 0 amide bonds. The van der Waals surface area contributed by atoms with Crippen molar-refractivity contribution in [1.29, 1.82) is 0 Å². The highest BCUT2D eigenvalue weighted by Crippen LogP contribution is 2.42.